The van der Waals surface area contributed by atoms with E-state index in [4.69, 9.17) is 5.26 Å². The van der Waals surface area contributed by atoms with Crippen molar-refractivity contribution in [1.82, 2.24) is 9.62 Å². The Kier molecular flexibility index (Phi) is 5.11. The summed E-state index contributed by atoms with van der Waals surface area (Å²) in [7, 11) is -3.32. The summed E-state index contributed by atoms with van der Waals surface area (Å²) in [6.07, 6.45) is 0. The maximum absolute atomic E-state index is 12.9. The second-order valence-corrected chi connectivity index (χ2v) is 10.2. The van der Waals surface area contributed by atoms with Crippen molar-refractivity contribution in [2.24, 2.45) is 0 Å². The zero-order chi connectivity index (χ0) is 21.4. The van der Waals surface area contributed by atoms with Gasteiger partial charge in [0.2, 0.25) is 10.0 Å². The third kappa shape index (κ3) is 3.88. The fraction of sp³-hybridized carbons (Fsp3) is 0.240. The first kappa shape index (κ1) is 20.0. The predicted molar refractivity (Wildman–Crippen MR) is 121 cm³/mol. The Hall–Kier alpha value is -2.98. The van der Waals surface area contributed by atoms with Crippen molar-refractivity contribution in [3.8, 4) is 17.2 Å². The lowest BCUT2D eigenvalue weighted by molar-refractivity contribution is 0.101. The van der Waals surface area contributed by atoms with Crippen LogP contribution in [0.4, 0.5) is 0 Å². The molecular formula is C25H23N3O2S. The van der Waals surface area contributed by atoms with E-state index in [9.17, 15) is 8.42 Å². The molecule has 3 aromatic rings. The number of rotatable bonds is 5. The van der Waals surface area contributed by atoms with Gasteiger partial charge < -0.3 is 5.32 Å². The molecule has 3 heterocycles. The molecule has 0 aromatic heterocycles. The highest BCUT2D eigenvalue weighted by molar-refractivity contribution is 7.88. The smallest absolute Gasteiger partial charge is 0.218 e. The fourth-order valence-electron chi connectivity index (χ4n) is 4.69. The number of fused-ring (bicyclic) bond motifs is 2. The number of nitriles is 1. The summed E-state index contributed by atoms with van der Waals surface area (Å²) < 4.78 is 27.4. The van der Waals surface area contributed by atoms with Crippen molar-refractivity contribution in [3.05, 3.63) is 95.6 Å². The van der Waals surface area contributed by atoms with Crippen molar-refractivity contribution < 1.29 is 8.42 Å². The minimum absolute atomic E-state index is 0.0528. The topological polar surface area (TPSA) is 73.2 Å². The summed E-state index contributed by atoms with van der Waals surface area (Å²) >= 11 is 0. The largest absolute Gasteiger partial charge is 0.307 e. The summed E-state index contributed by atoms with van der Waals surface area (Å²) in [6, 6.07) is 27.9. The zero-order valence-electron chi connectivity index (χ0n) is 17.0. The number of piperazine rings is 1. The highest BCUT2D eigenvalue weighted by atomic mass is 32.2. The highest BCUT2D eigenvalue weighted by Gasteiger charge is 2.49. The molecule has 3 saturated heterocycles. The van der Waals surface area contributed by atoms with Crippen LogP contribution in [0.25, 0.3) is 11.1 Å². The summed E-state index contributed by atoms with van der Waals surface area (Å²) in [5.74, 6) is 0.384. The molecule has 3 fully saturated rings. The molecule has 31 heavy (non-hydrogen) atoms. The van der Waals surface area contributed by atoms with E-state index < -0.39 is 10.0 Å². The molecule has 6 heteroatoms. The lowest BCUT2D eigenvalue weighted by atomic mass is 9.75. The molecule has 0 amide bonds. The van der Waals surface area contributed by atoms with Crippen LogP contribution in [-0.2, 0) is 15.8 Å². The minimum Gasteiger partial charge on any atom is -0.307 e. The Balaban J connectivity index is 1.27. The van der Waals surface area contributed by atoms with Crippen LogP contribution < -0.4 is 5.32 Å². The van der Waals surface area contributed by atoms with E-state index in [2.05, 4.69) is 35.7 Å². The van der Waals surface area contributed by atoms with E-state index in [-0.39, 0.29) is 17.8 Å². The Morgan fingerprint density at radius 3 is 2.03 bits per heavy atom. The molecule has 0 spiro atoms. The maximum Gasteiger partial charge on any atom is 0.218 e. The molecule has 2 bridgehead atoms. The van der Waals surface area contributed by atoms with Gasteiger partial charge in [-0.3, -0.25) is 0 Å². The van der Waals surface area contributed by atoms with E-state index in [1.807, 2.05) is 54.6 Å². The molecule has 0 saturated carbocycles. The van der Waals surface area contributed by atoms with Gasteiger partial charge >= 0.3 is 0 Å². The molecule has 1 unspecified atom stereocenters. The number of piperidine rings is 1. The van der Waals surface area contributed by atoms with Crippen LogP contribution in [0.15, 0.2) is 78.9 Å². The number of hydrogen-bond acceptors (Lipinski definition) is 4. The SMILES string of the molecule is N#Cc1ccc(-c2ccc(C3[C@@H]4CN(S(=O)(=O)Cc5ccccc5)C[C@H]3N4)cc2)cc1. The van der Waals surface area contributed by atoms with Crippen molar-refractivity contribution >= 4 is 10.0 Å². The zero-order valence-corrected chi connectivity index (χ0v) is 17.8. The first-order chi connectivity index (χ1) is 15.0. The van der Waals surface area contributed by atoms with E-state index in [0.717, 1.165) is 16.7 Å². The van der Waals surface area contributed by atoms with Gasteiger partial charge in [0.05, 0.1) is 17.4 Å². The second-order valence-electron chi connectivity index (χ2n) is 8.28. The van der Waals surface area contributed by atoms with Gasteiger partial charge in [-0.25, -0.2) is 8.42 Å². The Morgan fingerprint density at radius 2 is 1.45 bits per heavy atom. The van der Waals surface area contributed by atoms with Gasteiger partial charge in [-0.05, 0) is 34.4 Å². The standard InChI is InChI=1S/C25H23N3O2S/c26-14-18-6-8-20(9-7-18)21-10-12-22(13-11-21)25-23-15-28(16-24(25)27-23)31(29,30)17-19-4-2-1-3-5-19/h1-13,23-25,27H,15-17H2/t23-,24+,25?. The summed E-state index contributed by atoms with van der Waals surface area (Å²) in [5, 5.41) is 12.5. The summed E-state index contributed by atoms with van der Waals surface area (Å²) in [6.45, 7) is 1.02. The van der Waals surface area contributed by atoms with Crippen molar-refractivity contribution in [1.29, 1.82) is 5.26 Å². The second kappa shape index (κ2) is 7.93. The highest BCUT2D eigenvalue weighted by Crippen LogP contribution is 2.38. The monoisotopic (exact) mass is 429 g/mol. The van der Waals surface area contributed by atoms with Crippen molar-refractivity contribution in [2.75, 3.05) is 13.1 Å². The third-order valence-electron chi connectivity index (χ3n) is 6.32. The molecule has 156 valence electrons. The summed E-state index contributed by atoms with van der Waals surface area (Å²) in [5.41, 5.74) is 4.91. The minimum atomic E-state index is -3.32. The molecule has 3 aliphatic heterocycles. The Morgan fingerprint density at radius 1 is 0.871 bits per heavy atom. The molecule has 1 N–H and O–H groups in total. The van der Waals surface area contributed by atoms with Gasteiger partial charge in [0, 0.05) is 31.1 Å². The van der Waals surface area contributed by atoms with Crippen LogP contribution in [0.5, 0.6) is 0 Å². The third-order valence-corrected chi connectivity index (χ3v) is 8.11. The van der Waals surface area contributed by atoms with Gasteiger partial charge in [0.15, 0.2) is 0 Å². The molecule has 0 aliphatic carbocycles. The summed E-state index contributed by atoms with van der Waals surface area (Å²) in [4.78, 5) is 0. The fourth-order valence-corrected chi connectivity index (χ4v) is 6.26. The van der Waals surface area contributed by atoms with Crippen LogP contribution in [0, 0.1) is 11.3 Å². The van der Waals surface area contributed by atoms with Gasteiger partial charge in [-0.15, -0.1) is 0 Å². The Bertz CT molecular complexity index is 1200. The number of nitrogens with zero attached hydrogens (tertiary/aromatic N) is 2. The molecule has 6 rings (SSSR count). The van der Waals surface area contributed by atoms with Gasteiger partial charge in [0.1, 0.15) is 0 Å². The van der Waals surface area contributed by atoms with Crippen LogP contribution >= 0.6 is 0 Å². The molecule has 3 atom stereocenters. The number of nitrogens with one attached hydrogen (secondary N) is 1. The molecular weight excluding hydrogens is 406 g/mol. The molecule has 5 nitrogen and oxygen atoms in total. The van der Waals surface area contributed by atoms with Crippen LogP contribution in [0.3, 0.4) is 0 Å². The van der Waals surface area contributed by atoms with Crippen LogP contribution in [0.1, 0.15) is 22.6 Å². The van der Waals surface area contributed by atoms with E-state index in [0.29, 0.717) is 24.6 Å². The maximum atomic E-state index is 12.9. The molecule has 3 aliphatic rings. The predicted octanol–water partition coefficient (Wildman–Crippen LogP) is 3.49. The molecule has 3 aromatic carbocycles. The average Bonchev–Trinajstić information content (AvgIpc) is 2.80. The van der Waals surface area contributed by atoms with E-state index >= 15 is 0 Å². The molecule has 0 radical (unpaired) electrons. The van der Waals surface area contributed by atoms with Crippen LogP contribution in [-0.4, -0.2) is 37.9 Å². The quantitative estimate of drug-likeness (QED) is 0.674. The first-order valence-corrected chi connectivity index (χ1v) is 12.0. The normalized spacial score (nSPS) is 23.0. The lowest BCUT2D eigenvalue weighted by Crippen LogP contribution is -2.72. The van der Waals surface area contributed by atoms with Gasteiger partial charge in [-0.1, -0.05) is 66.7 Å². The van der Waals surface area contributed by atoms with Crippen LogP contribution in [0.2, 0.25) is 0 Å². The van der Waals surface area contributed by atoms with E-state index in [1.165, 1.54) is 5.56 Å². The number of hydrogen-bond donors (Lipinski definition) is 1. The first-order valence-electron chi connectivity index (χ1n) is 10.4. The van der Waals surface area contributed by atoms with Gasteiger partial charge in [-0.2, -0.15) is 9.57 Å². The average molecular weight is 430 g/mol. The van der Waals surface area contributed by atoms with E-state index in [1.54, 1.807) is 4.31 Å². The lowest BCUT2D eigenvalue weighted by Gasteiger charge is -2.54. The van der Waals surface area contributed by atoms with Gasteiger partial charge in [0.25, 0.3) is 0 Å². The Labute approximate surface area is 183 Å². The number of sulfonamides is 1. The van der Waals surface area contributed by atoms with Crippen molar-refractivity contribution in [2.45, 2.75) is 23.8 Å². The van der Waals surface area contributed by atoms with Crippen molar-refractivity contribution in [3.63, 3.8) is 0 Å². The number of benzene rings is 3.